The Hall–Kier alpha value is -2.62. The van der Waals surface area contributed by atoms with E-state index in [2.05, 4.69) is 30.7 Å². The maximum Gasteiger partial charge on any atom is 0.354 e. The van der Waals surface area contributed by atoms with E-state index in [-0.39, 0.29) is 17.3 Å². The minimum Gasteiger partial charge on any atom is -0.466 e. The van der Waals surface area contributed by atoms with Crippen molar-refractivity contribution in [2.24, 2.45) is 0 Å². The summed E-state index contributed by atoms with van der Waals surface area (Å²) in [6, 6.07) is 2.80. The van der Waals surface area contributed by atoms with Crippen LogP contribution in [0.1, 0.15) is 6.92 Å². The zero-order valence-electron chi connectivity index (χ0n) is 15.8. The fraction of sp³-hybridized carbons (Fsp3) is 0.389. The number of hydrogen-bond donors (Lipinski definition) is 1. The lowest BCUT2D eigenvalue weighted by atomic mass is 10.2. The summed E-state index contributed by atoms with van der Waals surface area (Å²) < 4.78 is 24.4. The molecule has 1 amide bonds. The molecule has 1 saturated heterocycles. The van der Waals surface area contributed by atoms with E-state index in [9.17, 15) is 18.8 Å². The van der Waals surface area contributed by atoms with Gasteiger partial charge in [0.1, 0.15) is 11.5 Å². The molecule has 1 aliphatic heterocycles. The van der Waals surface area contributed by atoms with Gasteiger partial charge in [0, 0.05) is 43.3 Å². The van der Waals surface area contributed by atoms with Gasteiger partial charge in [0.2, 0.25) is 5.91 Å². The molecule has 0 atom stereocenters. The molecular weight excluding hydrogens is 437 g/mol. The Kier molecular flexibility index (Phi) is 7.38. The van der Waals surface area contributed by atoms with Crippen LogP contribution in [0.5, 0.6) is 0 Å². The first-order valence-electron chi connectivity index (χ1n) is 8.41. The number of hydrogen-bond acceptors (Lipinski definition) is 7. The topological polar surface area (TPSA) is 88.2 Å². The third kappa shape index (κ3) is 5.22. The zero-order chi connectivity index (χ0) is 20.8. The van der Waals surface area contributed by atoms with Gasteiger partial charge in [-0.15, -0.1) is 0 Å². The van der Waals surface area contributed by atoms with Gasteiger partial charge in [0.25, 0.3) is 0 Å². The third-order valence-corrected chi connectivity index (χ3v) is 4.81. The Morgan fingerprint density at radius 2 is 1.79 bits per heavy atom. The molecule has 28 heavy (non-hydrogen) atoms. The standard InChI is InChI=1S/C18H21BrFN3O5/c1-11(24)22-4-6-23(7-5-22)17-13(19)8-12(9-14(17)20)21-15(18(26)28-3)10-16(25)27-2/h8-10,21H,4-7H2,1-3H3/b15-10+. The average molecular weight is 458 g/mol. The van der Waals surface area contributed by atoms with Crippen molar-refractivity contribution in [2.75, 3.05) is 50.6 Å². The molecule has 2 rings (SSSR count). The summed E-state index contributed by atoms with van der Waals surface area (Å²) in [6.45, 7) is 3.52. The van der Waals surface area contributed by atoms with Crippen LogP contribution in [0.25, 0.3) is 0 Å². The number of carbonyl (C=O) groups excluding carboxylic acids is 3. The summed E-state index contributed by atoms with van der Waals surface area (Å²) in [6.07, 6.45) is 0.923. The number of nitrogens with one attached hydrogen (secondary N) is 1. The summed E-state index contributed by atoms with van der Waals surface area (Å²) >= 11 is 3.36. The predicted octanol–water partition coefficient (Wildman–Crippen LogP) is 1.90. The van der Waals surface area contributed by atoms with Crippen molar-refractivity contribution in [1.29, 1.82) is 0 Å². The van der Waals surface area contributed by atoms with Gasteiger partial charge in [-0.25, -0.2) is 14.0 Å². The van der Waals surface area contributed by atoms with E-state index >= 15 is 0 Å². The zero-order valence-corrected chi connectivity index (χ0v) is 17.3. The molecule has 1 aliphatic rings. The molecule has 10 heteroatoms. The molecule has 1 aromatic rings. The molecule has 0 saturated carbocycles. The second-order valence-electron chi connectivity index (χ2n) is 5.98. The van der Waals surface area contributed by atoms with Crippen LogP contribution in [0.15, 0.2) is 28.4 Å². The Labute approximate surface area is 170 Å². The van der Waals surface area contributed by atoms with Crippen molar-refractivity contribution in [2.45, 2.75) is 6.92 Å². The van der Waals surface area contributed by atoms with Crippen LogP contribution < -0.4 is 10.2 Å². The fourth-order valence-electron chi connectivity index (χ4n) is 2.77. The Morgan fingerprint density at radius 3 is 2.29 bits per heavy atom. The molecule has 0 radical (unpaired) electrons. The molecule has 1 N–H and O–H groups in total. The number of esters is 2. The van der Waals surface area contributed by atoms with Crippen molar-refractivity contribution in [3.63, 3.8) is 0 Å². The van der Waals surface area contributed by atoms with Crippen LogP contribution in [0.4, 0.5) is 15.8 Å². The maximum absolute atomic E-state index is 14.8. The molecule has 0 spiro atoms. The number of anilines is 2. The van der Waals surface area contributed by atoms with Gasteiger partial charge in [0.05, 0.1) is 26.0 Å². The minimum atomic E-state index is -0.800. The van der Waals surface area contributed by atoms with E-state index in [0.29, 0.717) is 36.3 Å². The lowest BCUT2D eigenvalue weighted by Crippen LogP contribution is -2.48. The first kappa shape index (κ1) is 21.7. The van der Waals surface area contributed by atoms with Crippen LogP contribution >= 0.6 is 15.9 Å². The Balaban J connectivity index is 2.23. The van der Waals surface area contributed by atoms with Gasteiger partial charge in [0.15, 0.2) is 0 Å². The molecule has 1 heterocycles. The summed E-state index contributed by atoms with van der Waals surface area (Å²) in [4.78, 5) is 38.3. The molecule has 8 nitrogen and oxygen atoms in total. The number of carbonyl (C=O) groups is 3. The Bertz CT molecular complexity index is 783. The quantitative estimate of drug-likeness (QED) is 0.533. The first-order chi connectivity index (χ1) is 13.3. The highest BCUT2D eigenvalue weighted by atomic mass is 79.9. The summed E-state index contributed by atoms with van der Waals surface area (Å²) in [5.41, 5.74) is 0.421. The smallest absolute Gasteiger partial charge is 0.354 e. The van der Waals surface area contributed by atoms with Crippen molar-refractivity contribution >= 4 is 45.2 Å². The van der Waals surface area contributed by atoms with Gasteiger partial charge in [-0.05, 0) is 28.1 Å². The number of amides is 1. The SMILES string of the molecule is COC(=O)/C=C(/Nc1cc(F)c(N2CCN(C(C)=O)CC2)c(Br)c1)C(=O)OC. The molecule has 0 bridgehead atoms. The lowest BCUT2D eigenvalue weighted by Gasteiger charge is -2.36. The largest absolute Gasteiger partial charge is 0.466 e. The van der Waals surface area contributed by atoms with Gasteiger partial charge in [-0.1, -0.05) is 0 Å². The predicted molar refractivity (Wildman–Crippen MR) is 104 cm³/mol. The van der Waals surface area contributed by atoms with E-state index in [1.807, 2.05) is 4.90 Å². The van der Waals surface area contributed by atoms with Gasteiger partial charge >= 0.3 is 11.9 Å². The fourth-order valence-corrected chi connectivity index (χ4v) is 3.46. The molecule has 0 aliphatic carbocycles. The molecule has 0 aromatic heterocycles. The van der Waals surface area contributed by atoms with Crippen molar-refractivity contribution in [3.8, 4) is 0 Å². The number of ether oxygens (including phenoxy) is 2. The van der Waals surface area contributed by atoms with Crippen LogP contribution in [0.2, 0.25) is 0 Å². The van der Waals surface area contributed by atoms with Crippen LogP contribution in [-0.2, 0) is 23.9 Å². The van der Waals surface area contributed by atoms with Crippen LogP contribution in [-0.4, -0.2) is 63.1 Å². The van der Waals surface area contributed by atoms with Gasteiger partial charge < -0.3 is 24.6 Å². The lowest BCUT2D eigenvalue weighted by molar-refractivity contribution is -0.138. The summed E-state index contributed by atoms with van der Waals surface area (Å²) in [5.74, 6) is -2.08. The van der Waals surface area contributed by atoms with Crippen molar-refractivity contribution in [1.82, 2.24) is 4.90 Å². The van der Waals surface area contributed by atoms with Gasteiger partial charge in [-0.2, -0.15) is 0 Å². The number of benzene rings is 1. The van der Waals surface area contributed by atoms with Crippen molar-refractivity contribution in [3.05, 3.63) is 34.2 Å². The second-order valence-corrected chi connectivity index (χ2v) is 6.83. The number of halogens is 2. The molecular formula is C18H21BrFN3O5. The minimum absolute atomic E-state index is 0.00790. The van der Waals surface area contributed by atoms with E-state index in [1.165, 1.54) is 20.1 Å². The average Bonchev–Trinajstić information content (AvgIpc) is 2.66. The highest BCUT2D eigenvalue weighted by Gasteiger charge is 2.23. The molecule has 1 aromatic carbocycles. The number of nitrogens with zero attached hydrogens (tertiary/aromatic N) is 2. The molecule has 1 fully saturated rings. The molecule has 0 unspecified atom stereocenters. The van der Waals surface area contributed by atoms with E-state index in [1.54, 1.807) is 11.0 Å². The summed E-state index contributed by atoms with van der Waals surface area (Å²) in [5, 5.41) is 2.67. The van der Waals surface area contributed by atoms with Gasteiger partial charge in [-0.3, -0.25) is 4.79 Å². The number of methoxy groups -OCH3 is 2. The van der Waals surface area contributed by atoms with E-state index in [0.717, 1.165) is 13.2 Å². The van der Waals surface area contributed by atoms with E-state index in [4.69, 9.17) is 0 Å². The van der Waals surface area contributed by atoms with Crippen LogP contribution in [0.3, 0.4) is 0 Å². The highest BCUT2D eigenvalue weighted by molar-refractivity contribution is 9.10. The number of rotatable bonds is 5. The van der Waals surface area contributed by atoms with E-state index < -0.39 is 17.8 Å². The number of piperazine rings is 1. The third-order valence-electron chi connectivity index (χ3n) is 4.21. The highest BCUT2D eigenvalue weighted by Crippen LogP contribution is 2.33. The molecule has 152 valence electrons. The van der Waals surface area contributed by atoms with Crippen LogP contribution in [0, 0.1) is 5.82 Å². The normalized spacial score (nSPS) is 14.5. The Morgan fingerprint density at radius 1 is 1.14 bits per heavy atom. The summed E-state index contributed by atoms with van der Waals surface area (Å²) in [7, 11) is 2.33. The monoisotopic (exact) mass is 457 g/mol. The second kappa shape index (κ2) is 9.54. The maximum atomic E-state index is 14.8. The first-order valence-corrected chi connectivity index (χ1v) is 9.20. The van der Waals surface area contributed by atoms with Crippen molar-refractivity contribution < 1.29 is 28.2 Å².